The van der Waals surface area contributed by atoms with Gasteiger partial charge in [0.15, 0.2) is 0 Å². The van der Waals surface area contributed by atoms with Crippen molar-refractivity contribution in [2.75, 3.05) is 11.4 Å². The van der Waals surface area contributed by atoms with Gasteiger partial charge >= 0.3 is 0 Å². The van der Waals surface area contributed by atoms with E-state index in [1.807, 2.05) is 19.1 Å². The van der Waals surface area contributed by atoms with Crippen molar-refractivity contribution in [1.82, 2.24) is 0 Å². The zero-order valence-electron chi connectivity index (χ0n) is 11.4. The van der Waals surface area contributed by atoms with E-state index >= 15 is 0 Å². The summed E-state index contributed by atoms with van der Waals surface area (Å²) in [7, 11) is 0. The smallest absolute Gasteiger partial charge is 0.258 e. The first-order chi connectivity index (χ1) is 9.65. The average Bonchev–Trinajstić information content (AvgIpc) is 2.48. The van der Waals surface area contributed by atoms with Crippen LogP contribution < -0.4 is 10.6 Å². The minimum atomic E-state index is -0.0957. The van der Waals surface area contributed by atoms with Crippen molar-refractivity contribution in [3.05, 3.63) is 59.7 Å². The molecule has 104 valence electrons. The number of carbonyl (C=O) groups excluding carboxylic acids is 1. The summed E-state index contributed by atoms with van der Waals surface area (Å²) in [5.41, 5.74) is 7.82. The summed E-state index contributed by atoms with van der Waals surface area (Å²) in [6.07, 6.45) is 0. The summed E-state index contributed by atoms with van der Waals surface area (Å²) in [4.78, 5) is 14.1. The molecule has 0 heterocycles. The molecule has 2 aromatic rings. The molecule has 20 heavy (non-hydrogen) atoms. The number of hydrogen-bond donors (Lipinski definition) is 2. The molecule has 2 aromatic carbocycles. The maximum atomic E-state index is 12.5. The Bertz CT molecular complexity index is 594. The van der Waals surface area contributed by atoms with E-state index < -0.39 is 0 Å². The van der Waals surface area contributed by atoms with Crippen molar-refractivity contribution in [1.29, 1.82) is 0 Å². The quantitative estimate of drug-likeness (QED) is 0.897. The lowest BCUT2D eigenvalue weighted by Gasteiger charge is -2.21. The SMILES string of the molecule is CCN(C(=O)c1ccc(CN)cc1)c1cccc(O)c1. The molecule has 0 saturated heterocycles. The number of phenols is 1. The number of amides is 1. The molecular formula is C16H18N2O2. The van der Waals surface area contributed by atoms with E-state index in [4.69, 9.17) is 5.73 Å². The fourth-order valence-electron chi connectivity index (χ4n) is 2.04. The van der Waals surface area contributed by atoms with Gasteiger partial charge in [0.2, 0.25) is 0 Å². The van der Waals surface area contributed by atoms with Crippen molar-refractivity contribution in [3.63, 3.8) is 0 Å². The molecule has 2 rings (SSSR count). The Kier molecular flexibility index (Phi) is 4.38. The summed E-state index contributed by atoms with van der Waals surface area (Å²) < 4.78 is 0. The first kappa shape index (κ1) is 14.1. The van der Waals surface area contributed by atoms with Crippen molar-refractivity contribution in [2.24, 2.45) is 5.73 Å². The van der Waals surface area contributed by atoms with Crippen LogP contribution in [0, 0.1) is 0 Å². The van der Waals surface area contributed by atoms with Gasteiger partial charge in [-0.25, -0.2) is 0 Å². The molecule has 4 nitrogen and oxygen atoms in total. The lowest BCUT2D eigenvalue weighted by molar-refractivity contribution is 0.0988. The van der Waals surface area contributed by atoms with Gasteiger partial charge in [-0.15, -0.1) is 0 Å². The summed E-state index contributed by atoms with van der Waals surface area (Å²) >= 11 is 0. The van der Waals surface area contributed by atoms with Crippen LogP contribution in [0.1, 0.15) is 22.8 Å². The van der Waals surface area contributed by atoms with Crippen LogP contribution in [0.4, 0.5) is 5.69 Å². The van der Waals surface area contributed by atoms with Crippen LogP contribution >= 0.6 is 0 Å². The molecule has 0 saturated carbocycles. The maximum Gasteiger partial charge on any atom is 0.258 e. The van der Waals surface area contributed by atoms with Crippen LogP contribution in [-0.4, -0.2) is 17.6 Å². The molecule has 0 aromatic heterocycles. The number of phenolic OH excluding ortho intramolecular Hbond substituents is 1. The number of anilines is 1. The lowest BCUT2D eigenvalue weighted by Crippen LogP contribution is -2.30. The normalized spacial score (nSPS) is 10.3. The van der Waals surface area contributed by atoms with Gasteiger partial charge in [0, 0.05) is 30.4 Å². The molecular weight excluding hydrogens is 252 g/mol. The molecule has 0 atom stereocenters. The first-order valence-electron chi connectivity index (χ1n) is 6.55. The van der Waals surface area contributed by atoms with Crippen LogP contribution in [0.15, 0.2) is 48.5 Å². The van der Waals surface area contributed by atoms with Crippen molar-refractivity contribution in [2.45, 2.75) is 13.5 Å². The standard InChI is InChI=1S/C16H18N2O2/c1-2-18(14-4-3-5-15(19)10-14)16(20)13-8-6-12(11-17)7-9-13/h3-10,19H,2,11,17H2,1H3. The van der Waals surface area contributed by atoms with Gasteiger partial charge in [-0.05, 0) is 36.8 Å². The topological polar surface area (TPSA) is 66.6 Å². The number of rotatable bonds is 4. The van der Waals surface area contributed by atoms with Crippen LogP contribution in [-0.2, 0) is 6.54 Å². The van der Waals surface area contributed by atoms with Gasteiger partial charge in [-0.2, -0.15) is 0 Å². The van der Waals surface area contributed by atoms with Crippen LogP contribution in [0.2, 0.25) is 0 Å². The number of nitrogens with two attached hydrogens (primary N) is 1. The van der Waals surface area contributed by atoms with E-state index in [2.05, 4.69) is 0 Å². The predicted molar refractivity (Wildman–Crippen MR) is 79.8 cm³/mol. The Morgan fingerprint density at radius 2 is 1.90 bits per heavy atom. The Morgan fingerprint density at radius 1 is 1.20 bits per heavy atom. The summed E-state index contributed by atoms with van der Waals surface area (Å²) in [5.74, 6) is 0.0499. The number of hydrogen-bond acceptors (Lipinski definition) is 3. The Morgan fingerprint density at radius 3 is 2.45 bits per heavy atom. The van der Waals surface area contributed by atoms with Gasteiger partial charge in [0.1, 0.15) is 5.75 Å². The summed E-state index contributed by atoms with van der Waals surface area (Å²) in [5, 5.41) is 9.53. The van der Waals surface area contributed by atoms with Gasteiger partial charge in [-0.1, -0.05) is 18.2 Å². The van der Waals surface area contributed by atoms with E-state index in [1.165, 1.54) is 0 Å². The highest BCUT2D eigenvalue weighted by atomic mass is 16.3. The van der Waals surface area contributed by atoms with E-state index in [0.717, 1.165) is 5.56 Å². The molecule has 0 aliphatic carbocycles. The molecule has 0 bridgehead atoms. The minimum Gasteiger partial charge on any atom is -0.508 e. The van der Waals surface area contributed by atoms with Crippen molar-refractivity contribution < 1.29 is 9.90 Å². The van der Waals surface area contributed by atoms with Crippen LogP contribution in [0.5, 0.6) is 5.75 Å². The summed E-state index contributed by atoms with van der Waals surface area (Å²) in [6.45, 7) is 2.88. The van der Waals surface area contributed by atoms with Crippen LogP contribution in [0.25, 0.3) is 0 Å². The molecule has 1 amide bonds. The third kappa shape index (κ3) is 2.97. The molecule has 3 N–H and O–H groups in total. The van der Waals surface area contributed by atoms with Gasteiger partial charge < -0.3 is 15.7 Å². The maximum absolute atomic E-state index is 12.5. The number of benzene rings is 2. The molecule has 0 spiro atoms. The number of carbonyl (C=O) groups is 1. The second kappa shape index (κ2) is 6.21. The highest BCUT2D eigenvalue weighted by Gasteiger charge is 2.16. The highest BCUT2D eigenvalue weighted by molar-refractivity contribution is 6.06. The Hall–Kier alpha value is -2.33. The molecule has 4 heteroatoms. The second-order valence-electron chi connectivity index (χ2n) is 4.47. The van der Waals surface area contributed by atoms with E-state index in [0.29, 0.717) is 24.3 Å². The lowest BCUT2D eigenvalue weighted by atomic mass is 10.1. The first-order valence-corrected chi connectivity index (χ1v) is 6.55. The zero-order valence-corrected chi connectivity index (χ0v) is 11.4. The molecule has 0 unspecified atom stereocenters. The molecule has 0 radical (unpaired) electrons. The monoisotopic (exact) mass is 270 g/mol. The second-order valence-corrected chi connectivity index (χ2v) is 4.47. The van der Waals surface area contributed by atoms with Crippen molar-refractivity contribution in [3.8, 4) is 5.75 Å². The van der Waals surface area contributed by atoms with E-state index in [9.17, 15) is 9.90 Å². The number of aromatic hydroxyl groups is 1. The highest BCUT2D eigenvalue weighted by Crippen LogP contribution is 2.21. The minimum absolute atomic E-state index is 0.0957. The molecule has 0 aliphatic heterocycles. The molecule has 0 aliphatic rings. The van der Waals surface area contributed by atoms with Crippen LogP contribution in [0.3, 0.4) is 0 Å². The number of nitrogens with zero attached hydrogens (tertiary/aromatic N) is 1. The predicted octanol–water partition coefficient (Wildman–Crippen LogP) is 2.52. The van der Waals surface area contributed by atoms with E-state index in [1.54, 1.807) is 41.3 Å². The van der Waals surface area contributed by atoms with Gasteiger partial charge in [-0.3, -0.25) is 4.79 Å². The summed E-state index contributed by atoms with van der Waals surface area (Å²) in [6, 6.07) is 13.9. The van der Waals surface area contributed by atoms with E-state index in [-0.39, 0.29) is 11.7 Å². The van der Waals surface area contributed by atoms with Crippen molar-refractivity contribution >= 4 is 11.6 Å². The fraction of sp³-hybridized carbons (Fsp3) is 0.188. The Balaban J connectivity index is 2.28. The molecule has 0 fully saturated rings. The Labute approximate surface area is 118 Å². The third-order valence-corrected chi connectivity index (χ3v) is 3.14. The van der Waals surface area contributed by atoms with Gasteiger partial charge in [0.25, 0.3) is 5.91 Å². The zero-order chi connectivity index (χ0) is 14.5. The third-order valence-electron chi connectivity index (χ3n) is 3.14. The van der Waals surface area contributed by atoms with Gasteiger partial charge in [0.05, 0.1) is 0 Å². The average molecular weight is 270 g/mol. The fourth-order valence-corrected chi connectivity index (χ4v) is 2.04. The largest absolute Gasteiger partial charge is 0.508 e.